The fourth-order valence-electron chi connectivity index (χ4n) is 5.33. The molecule has 0 spiro atoms. The van der Waals surface area contributed by atoms with Crippen molar-refractivity contribution in [1.29, 1.82) is 0 Å². The Labute approximate surface area is 231 Å². The van der Waals surface area contributed by atoms with E-state index in [-0.39, 0.29) is 35.0 Å². The van der Waals surface area contributed by atoms with Crippen LogP contribution in [-0.4, -0.2) is 28.4 Å². The van der Waals surface area contributed by atoms with E-state index in [4.69, 9.17) is 19.9 Å². The van der Waals surface area contributed by atoms with Gasteiger partial charge in [-0.15, -0.1) is 0 Å². The summed E-state index contributed by atoms with van der Waals surface area (Å²) < 4.78 is 42.0. The molecule has 41 heavy (non-hydrogen) atoms. The molecule has 0 fully saturated rings. The standard InChI is InChI=1S/C31H20F2N4O4/c1-35-31(39)27-20-11-17(18(30(34)38)13-26(20)41-29(27)15-5-7-16(32)8-6-15)22-9-10-25-28(36-22)24-12-19-21(33)3-2-4-23(19)37(24)14-40-25/h2-13H,14H2,1H3,(H2,34,38)(H,35,39). The number of furan rings is 1. The van der Waals surface area contributed by atoms with Crippen molar-refractivity contribution < 1.29 is 27.5 Å². The van der Waals surface area contributed by atoms with E-state index in [1.54, 1.807) is 36.4 Å². The van der Waals surface area contributed by atoms with Crippen LogP contribution in [0.25, 0.3) is 55.8 Å². The number of carbonyl (C=O) groups is 2. The van der Waals surface area contributed by atoms with Crippen molar-refractivity contribution in [1.82, 2.24) is 14.9 Å². The maximum atomic E-state index is 14.6. The Morgan fingerprint density at radius 1 is 1.00 bits per heavy atom. The molecule has 2 amide bonds. The number of nitrogens with one attached hydrogen (secondary N) is 1. The summed E-state index contributed by atoms with van der Waals surface area (Å²) in [6.45, 7) is 0.186. The maximum absolute atomic E-state index is 14.6. The zero-order valence-electron chi connectivity index (χ0n) is 21.5. The van der Waals surface area contributed by atoms with Crippen LogP contribution >= 0.6 is 0 Å². The Kier molecular flexibility index (Phi) is 5.40. The highest BCUT2D eigenvalue weighted by Crippen LogP contribution is 2.41. The molecule has 1 aliphatic rings. The molecule has 0 bridgehead atoms. The molecule has 0 radical (unpaired) electrons. The summed E-state index contributed by atoms with van der Waals surface area (Å²) >= 11 is 0. The van der Waals surface area contributed by atoms with E-state index in [2.05, 4.69) is 5.32 Å². The van der Waals surface area contributed by atoms with Crippen molar-refractivity contribution >= 4 is 33.7 Å². The summed E-state index contributed by atoms with van der Waals surface area (Å²) in [6.07, 6.45) is 0. The predicted molar refractivity (Wildman–Crippen MR) is 148 cm³/mol. The van der Waals surface area contributed by atoms with Crippen molar-refractivity contribution in [3.8, 4) is 39.7 Å². The normalized spacial score (nSPS) is 12.2. The molecule has 202 valence electrons. The third-order valence-electron chi connectivity index (χ3n) is 7.27. The Hall–Kier alpha value is -5.51. The summed E-state index contributed by atoms with van der Waals surface area (Å²) in [5, 5.41) is 3.47. The Morgan fingerprint density at radius 3 is 2.56 bits per heavy atom. The lowest BCUT2D eigenvalue weighted by molar-refractivity contribution is 0.0963. The fraction of sp³-hybridized carbons (Fsp3) is 0.0645. The fourth-order valence-corrected chi connectivity index (χ4v) is 5.33. The van der Waals surface area contributed by atoms with Gasteiger partial charge >= 0.3 is 0 Å². The van der Waals surface area contributed by atoms with Crippen LogP contribution in [0.1, 0.15) is 20.7 Å². The SMILES string of the molecule is CNC(=O)c1c(-c2ccc(F)cc2)oc2cc(C(N)=O)c(-c3ccc4c(n3)-c3cc5c(F)cccc5n3CO4)cc12. The summed E-state index contributed by atoms with van der Waals surface area (Å²) in [7, 11) is 1.49. The van der Waals surface area contributed by atoms with E-state index in [1.165, 1.54) is 43.4 Å². The number of nitrogens with zero attached hydrogens (tertiary/aromatic N) is 2. The lowest BCUT2D eigenvalue weighted by atomic mass is 9.97. The van der Waals surface area contributed by atoms with Crippen LogP contribution in [0.3, 0.4) is 0 Å². The average Bonchev–Trinajstić information content (AvgIpc) is 3.55. The van der Waals surface area contributed by atoms with E-state index in [0.717, 1.165) is 0 Å². The Balaban J connectivity index is 1.46. The molecule has 3 aromatic carbocycles. The third-order valence-corrected chi connectivity index (χ3v) is 7.27. The van der Waals surface area contributed by atoms with Crippen molar-refractivity contribution in [2.45, 2.75) is 6.73 Å². The average molecular weight is 551 g/mol. The summed E-state index contributed by atoms with van der Waals surface area (Å²) in [6, 6.07) is 18.6. The molecule has 0 atom stereocenters. The first-order valence-corrected chi connectivity index (χ1v) is 12.6. The van der Waals surface area contributed by atoms with Gasteiger partial charge in [-0.1, -0.05) is 6.07 Å². The number of carbonyl (C=O) groups excluding carboxylic acids is 2. The van der Waals surface area contributed by atoms with Gasteiger partial charge in [-0.3, -0.25) is 9.59 Å². The van der Waals surface area contributed by atoms with Crippen LogP contribution in [0.5, 0.6) is 5.75 Å². The van der Waals surface area contributed by atoms with Crippen molar-refractivity contribution in [2.24, 2.45) is 5.73 Å². The van der Waals surface area contributed by atoms with Crippen LogP contribution in [0.2, 0.25) is 0 Å². The van der Waals surface area contributed by atoms with Gasteiger partial charge in [0.05, 0.1) is 28.0 Å². The number of pyridine rings is 1. The second-order valence-corrected chi connectivity index (χ2v) is 9.60. The Bertz CT molecular complexity index is 2060. The molecular weight excluding hydrogens is 530 g/mol. The van der Waals surface area contributed by atoms with E-state index >= 15 is 0 Å². The molecule has 0 unspecified atom stereocenters. The number of halogens is 2. The van der Waals surface area contributed by atoms with Crippen molar-refractivity contribution in [3.63, 3.8) is 0 Å². The third kappa shape index (κ3) is 3.75. The largest absolute Gasteiger partial charge is 0.470 e. The van der Waals surface area contributed by atoms with E-state index < -0.39 is 17.6 Å². The monoisotopic (exact) mass is 550 g/mol. The van der Waals surface area contributed by atoms with Gasteiger partial charge in [0.1, 0.15) is 34.4 Å². The van der Waals surface area contributed by atoms with Crippen LogP contribution in [0.15, 0.2) is 77.2 Å². The number of benzene rings is 3. The molecule has 1 aliphatic heterocycles. The van der Waals surface area contributed by atoms with Gasteiger partial charge in [-0.25, -0.2) is 13.8 Å². The van der Waals surface area contributed by atoms with Gasteiger partial charge in [0, 0.05) is 28.9 Å². The van der Waals surface area contributed by atoms with E-state index in [9.17, 15) is 18.4 Å². The quantitative estimate of drug-likeness (QED) is 0.285. The second-order valence-electron chi connectivity index (χ2n) is 9.60. The number of primary amides is 1. The minimum Gasteiger partial charge on any atom is -0.470 e. The number of nitrogens with two attached hydrogens (primary N) is 1. The lowest BCUT2D eigenvalue weighted by Gasteiger charge is -2.21. The minimum atomic E-state index is -0.727. The van der Waals surface area contributed by atoms with E-state index in [1.807, 2.05) is 4.57 Å². The molecule has 8 nitrogen and oxygen atoms in total. The zero-order valence-corrected chi connectivity index (χ0v) is 21.5. The summed E-state index contributed by atoms with van der Waals surface area (Å²) in [5.74, 6) is -1.24. The highest BCUT2D eigenvalue weighted by Gasteiger charge is 2.27. The smallest absolute Gasteiger partial charge is 0.255 e. The number of hydrogen-bond donors (Lipinski definition) is 2. The first-order chi connectivity index (χ1) is 19.8. The number of rotatable bonds is 4. The Morgan fingerprint density at radius 2 is 1.80 bits per heavy atom. The molecule has 0 saturated heterocycles. The lowest BCUT2D eigenvalue weighted by Crippen LogP contribution is -2.18. The molecule has 6 aromatic rings. The topological polar surface area (TPSA) is 112 Å². The van der Waals surface area contributed by atoms with Crippen LogP contribution in [-0.2, 0) is 6.73 Å². The molecule has 10 heteroatoms. The molecular formula is C31H20F2N4O4. The number of ether oxygens (including phenoxy) is 1. The van der Waals surface area contributed by atoms with Crippen LogP contribution in [0.4, 0.5) is 8.78 Å². The van der Waals surface area contributed by atoms with Gasteiger partial charge in [-0.2, -0.15) is 0 Å². The van der Waals surface area contributed by atoms with Gasteiger partial charge in [0.25, 0.3) is 5.91 Å². The number of fused-ring (bicyclic) bond motifs is 6. The number of amides is 2. The number of aromatic nitrogens is 2. The second kappa shape index (κ2) is 9.02. The van der Waals surface area contributed by atoms with Crippen LogP contribution in [0, 0.1) is 11.6 Å². The first-order valence-electron chi connectivity index (χ1n) is 12.6. The zero-order chi connectivity index (χ0) is 28.4. The van der Waals surface area contributed by atoms with Gasteiger partial charge < -0.3 is 24.8 Å². The van der Waals surface area contributed by atoms with Crippen LogP contribution < -0.4 is 15.8 Å². The van der Waals surface area contributed by atoms with Gasteiger partial charge in [0.15, 0.2) is 6.73 Å². The highest BCUT2D eigenvalue weighted by atomic mass is 19.1. The molecule has 4 heterocycles. The molecule has 3 N–H and O–H groups in total. The molecule has 0 saturated carbocycles. The maximum Gasteiger partial charge on any atom is 0.255 e. The minimum absolute atomic E-state index is 0.121. The van der Waals surface area contributed by atoms with E-state index in [0.29, 0.717) is 50.2 Å². The molecule has 7 rings (SSSR count). The summed E-state index contributed by atoms with van der Waals surface area (Å²) in [4.78, 5) is 30.5. The predicted octanol–water partition coefficient (Wildman–Crippen LogP) is 5.87. The van der Waals surface area contributed by atoms with Crippen molar-refractivity contribution in [2.75, 3.05) is 7.05 Å². The molecule has 0 aliphatic carbocycles. The first kappa shape index (κ1) is 24.5. The number of hydrogen-bond acceptors (Lipinski definition) is 5. The molecule has 3 aromatic heterocycles. The van der Waals surface area contributed by atoms with Gasteiger partial charge in [0.2, 0.25) is 5.91 Å². The van der Waals surface area contributed by atoms with Gasteiger partial charge in [-0.05, 0) is 66.7 Å². The van der Waals surface area contributed by atoms with Crippen molar-refractivity contribution in [3.05, 3.63) is 95.6 Å². The highest BCUT2D eigenvalue weighted by molar-refractivity contribution is 6.14. The summed E-state index contributed by atoms with van der Waals surface area (Å²) in [5.41, 5.74) is 9.38.